The minimum absolute atomic E-state index is 0.216. The van der Waals surface area contributed by atoms with Gasteiger partial charge in [0, 0.05) is 28.9 Å². The number of fused-ring (bicyclic) bond motifs is 1. The van der Waals surface area contributed by atoms with Gasteiger partial charge >= 0.3 is 6.09 Å². The van der Waals surface area contributed by atoms with Crippen molar-refractivity contribution in [2.45, 2.75) is 65.6 Å². The maximum atomic E-state index is 12.3. The van der Waals surface area contributed by atoms with E-state index in [1.807, 2.05) is 71.0 Å². The van der Waals surface area contributed by atoms with Gasteiger partial charge in [0.1, 0.15) is 28.9 Å². The molecule has 1 aliphatic heterocycles. The Morgan fingerprint density at radius 2 is 1.95 bits per heavy atom. The highest BCUT2D eigenvalue weighted by molar-refractivity contribution is 7.12. The lowest BCUT2D eigenvalue weighted by atomic mass is 9.91. The lowest BCUT2D eigenvalue weighted by molar-refractivity contribution is 0.0181. The normalized spacial score (nSPS) is 14.1. The summed E-state index contributed by atoms with van der Waals surface area (Å²) in [4.78, 5) is 15.8. The largest absolute Gasteiger partial charge is 0.488 e. The molecule has 0 bridgehead atoms. The fraction of sp³-hybridized carbons (Fsp3) is 0.536. The summed E-state index contributed by atoms with van der Waals surface area (Å²) in [6.45, 7) is 9.55. The van der Waals surface area contributed by atoms with Crippen molar-refractivity contribution < 1.29 is 18.8 Å². The number of nitrogens with zero attached hydrogens (tertiary/aromatic N) is 3. The number of aromatic nitrogens is 1. The summed E-state index contributed by atoms with van der Waals surface area (Å²) in [7, 11) is 3.75. The summed E-state index contributed by atoms with van der Waals surface area (Å²) in [5.74, 6) is 1.31. The highest BCUT2D eigenvalue weighted by Crippen LogP contribution is 2.32. The van der Waals surface area contributed by atoms with Crippen molar-refractivity contribution in [3.05, 3.63) is 45.3 Å². The van der Waals surface area contributed by atoms with Crippen LogP contribution in [0.25, 0.3) is 11.0 Å². The van der Waals surface area contributed by atoms with E-state index in [2.05, 4.69) is 16.5 Å². The first-order valence-electron chi connectivity index (χ1n) is 12.7. The third-order valence-electron chi connectivity index (χ3n) is 6.11. The van der Waals surface area contributed by atoms with Crippen LogP contribution < -0.4 is 10.1 Å². The number of hydrogen-bond acceptors (Lipinski definition) is 8. The second kappa shape index (κ2) is 12.9. The molecule has 0 unspecified atom stereocenters. The first-order chi connectivity index (χ1) is 17.6. The smallest absolute Gasteiger partial charge is 0.410 e. The first-order valence-corrected chi connectivity index (χ1v) is 13.5. The predicted molar refractivity (Wildman–Crippen MR) is 146 cm³/mol. The zero-order valence-electron chi connectivity index (χ0n) is 22.7. The summed E-state index contributed by atoms with van der Waals surface area (Å²) >= 11 is 1.44. The van der Waals surface area contributed by atoms with Gasteiger partial charge in [-0.15, -0.1) is 11.3 Å². The minimum atomic E-state index is -0.462. The zero-order chi connectivity index (χ0) is 27.0. The van der Waals surface area contributed by atoms with E-state index in [-0.39, 0.29) is 6.09 Å². The topological polar surface area (TPSA) is 101 Å². The van der Waals surface area contributed by atoms with Crippen LogP contribution in [0.3, 0.4) is 0 Å². The number of rotatable bonds is 6. The van der Waals surface area contributed by atoms with Crippen molar-refractivity contribution in [2.75, 3.05) is 27.2 Å². The molecular formula is C28H38N4O4S. The van der Waals surface area contributed by atoms with Crippen LogP contribution in [-0.2, 0) is 17.8 Å². The molecule has 1 N–H and O–H groups in total. The Balaban J connectivity index is 0.00000121. The molecule has 0 radical (unpaired) electrons. The molecule has 1 aromatic carbocycles. The van der Waals surface area contributed by atoms with Crippen LogP contribution in [0.1, 0.15) is 61.0 Å². The van der Waals surface area contributed by atoms with Crippen LogP contribution in [-0.4, -0.2) is 48.9 Å². The van der Waals surface area contributed by atoms with Gasteiger partial charge in [-0.3, -0.25) is 0 Å². The van der Waals surface area contributed by atoms with Crippen LogP contribution in [0, 0.1) is 24.2 Å². The van der Waals surface area contributed by atoms with Crippen LogP contribution in [0.2, 0.25) is 0 Å². The molecule has 0 aliphatic carbocycles. The SMILES string of the molecule is CNC.Cc1c(OCc2ccc(C#N)s2)ccc2c(CCC3CCN(C(=O)OC(C)(C)C)CC3)noc12. The van der Waals surface area contributed by atoms with Crippen LogP contribution in [0.15, 0.2) is 28.8 Å². The highest BCUT2D eigenvalue weighted by atomic mass is 32.1. The maximum absolute atomic E-state index is 12.3. The van der Waals surface area contributed by atoms with Gasteiger partial charge in [0.15, 0.2) is 5.58 Å². The third kappa shape index (κ3) is 7.94. The van der Waals surface area contributed by atoms with Gasteiger partial charge in [0.2, 0.25) is 0 Å². The van der Waals surface area contributed by atoms with Crippen molar-refractivity contribution >= 4 is 28.4 Å². The fourth-order valence-corrected chi connectivity index (χ4v) is 4.96. The van der Waals surface area contributed by atoms with Gasteiger partial charge in [-0.1, -0.05) is 5.16 Å². The van der Waals surface area contributed by atoms with Gasteiger partial charge in [-0.2, -0.15) is 5.26 Å². The molecule has 0 saturated carbocycles. The Labute approximate surface area is 223 Å². The van der Waals surface area contributed by atoms with Crippen molar-refractivity contribution in [1.29, 1.82) is 5.26 Å². The lowest BCUT2D eigenvalue weighted by Gasteiger charge is -2.33. The van der Waals surface area contributed by atoms with Crippen LogP contribution in [0.5, 0.6) is 5.75 Å². The number of carbonyl (C=O) groups excluding carboxylic acids is 1. The summed E-state index contributed by atoms with van der Waals surface area (Å²) in [6, 6.07) is 9.86. The molecule has 9 heteroatoms. The standard InChI is InChI=1S/C26H31N3O4S.C2H7N/c1-17-23(31-16-20-7-6-19(15-27)34-20)10-8-21-22(28-33-24(17)21)9-5-18-11-13-29(14-12-18)25(30)32-26(2,3)4;1-3-2/h6-8,10,18H,5,9,11-14,16H2,1-4H3;3H,1-2H3. The van der Waals surface area contributed by atoms with Gasteiger partial charge in [-0.25, -0.2) is 4.79 Å². The Hall–Kier alpha value is -3.09. The molecule has 1 aliphatic rings. The molecule has 3 aromatic rings. The van der Waals surface area contributed by atoms with E-state index >= 15 is 0 Å². The molecule has 0 atom stereocenters. The Morgan fingerprint density at radius 3 is 2.57 bits per heavy atom. The van der Waals surface area contributed by atoms with Crippen molar-refractivity contribution in [3.8, 4) is 11.8 Å². The Morgan fingerprint density at radius 1 is 1.24 bits per heavy atom. The zero-order valence-corrected chi connectivity index (χ0v) is 23.5. The van der Waals surface area contributed by atoms with Gasteiger partial charge < -0.3 is 24.2 Å². The average Bonchev–Trinajstić information content (AvgIpc) is 3.49. The number of piperidine rings is 1. The molecule has 1 fully saturated rings. The molecule has 8 nitrogen and oxygen atoms in total. The number of likely N-dealkylation sites (tertiary alicyclic amines) is 1. The van der Waals surface area contributed by atoms with Crippen molar-refractivity contribution in [1.82, 2.24) is 15.4 Å². The summed E-state index contributed by atoms with van der Waals surface area (Å²) < 4.78 is 17.2. The number of nitrogens with one attached hydrogen (secondary N) is 1. The lowest BCUT2D eigenvalue weighted by Crippen LogP contribution is -2.41. The number of thiophene rings is 1. The summed E-state index contributed by atoms with van der Waals surface area (Å²) in [5, 5.41) is 17.1. The highest BCUT2D eigenvalue weighted by Gasteiger charge is 2.27. The number of nitriles is 1. The van der Waals surface area contributed by atoms with Crippen molar-refractivity contribution in [3.63, 3.8) is 0 Å². The van der Waals surface area contributed by atoms with E-state index in [4.69, 9.17) is 19.3 Å². The van der Waals surface area contributed by atoms with E-state index < -0.39 is 5.60 Å². The molecular weight excluding hydrogens is 488 g/mol. The van der Waals surface area contributed by atoms with Gasteiger partial charge in [0.25, 0.3) is 0 Å². The van der Waals surface area contributed by atoms with E-state index in [0.717, 1.165) is 71.6 Å². The Kier molecular flexibility index (Phi) is 9.95. The third-order valence-corrected chi connectivity index (χ3v) is 7.08. The summed E-state index contributed by atoms with van der Waals surface area (Å²) in [6.07, 6.45) is 3.59. The molecule has 3 heterocycles. The molecule has 1 amide bonds. The van der Waals surface area contributed by atoms with E-state index in [0.29, 0.717) is 17.4 Å². The average molecular weight is 527 g/mol. The summed E-state index contributed by atoms with van der Waals surface area (Å²) in [5.41, 5.74) is 2.20. The molecule has 37 heavy (non-hydrogen) atoms. The number of benzene rings is 1. The quantitative estimate of drug-likeness (QED) is 0.416. The predicted octanol–water partition coefficient (Wildman–Crippen LogP) is 6.06. The van der Waals surface area contributed by atoms with Crippen molar-refractivity contribution in [2.24, 2.45) is 5.92 Å². The maximum Gasteiger partial charge on any atom is 0.410 e. The van der Waals surface area contributed by atoms with Gasteiger partial charge in [-0.05, 0) is 97.7 Å². The second-order valence-corrected chi connectivity index (χ2v) is 11.5. The minimum Gasteiger partial charge on any atom is -0.488 e. The number of amides is 1. The van der Waals surface area contributed by atoms with E-state index in [1.165, 1.54) is 11.3 Å². The van der Waals surface area contributed by atoms with Crippen LogP contribution >= 0.6 is 11.3 Å². The monoisotopic (exact) mass is 526 g/mol. The number of ether oxygens (including phenoxy) is 2. The van der Waals surface area contributed by atoms with E-state index in [1.54, 1.807) is 0 Å². The van der Waals surface area contributed by atoms with Crippen LogP contribution in [0.4, 0.5) is 4.79 Å². The number of hydrogen-bond donors (Lipinski definition) is 1. The molecule has 1 saturated heterocycles. The van der Waals surface area contributed by atoms with Gasteiger partial charge in [0.05, 0.1) is 5.69 Å². The fourth-order valence-electron chi connectivity index (χ4n) is 4.24. The molecule has 0 spiro atoms. The molecule has 4 rings (SSSR count). The van der Waals surface area contributed by atoms with E-state index in [9.17, 15) is 4.79 Å². The molecule has 2 aromatic heterocycles. The number of aryl methyl sites for hydroxylation is 2. The number of carbonyl (C=O) groups is 1. The Bertz CT molecular complexity index is 1210. The molecule has 200 valence electrons. The first kappa shape index (κ1) is 28.5. The second-order valence-electron chi connectivity index (χ2n) is 10.3.